The second kappa shape index (κ2) is 4.81. The van der Waals surface area contributed by atoms with Crippen molar-refractivity contribution < 1.29 is 30.7 Å². The van der Waals surface area contributed by atoms with Crippen LogP contribution in [0.4, 0.5) is 30.7 Å². The lowest BCUT2D eigenvalue weighted by atomic mass is 10.0. The van der Waals surface area contributed by atoms with E-state index in [1.54, 1.807) is 0 Å². The third kappa shape index (κ3) is 2.48. The third-order valence-electron chi connectivity index (χ3n) is 2.61. The van der Waals surface area contributed by atoms with Gasteiger partial charge < -0.3 is 0 Å². The highest BCUT2D eigenvalue weighted by molar-refractivity contribution is 5.65. The Morgan fingerprint density at radius 1 is 0.700 bits per heavy atom. The van der Waals surface area contributed by atoms with Gasteiger partial charge in [0.1, 0.15) is 0 Å². The molecule has 0 aliphatic carbocycles. The summed E-state index contributed by atoms with van der Waals surface area (Å²) in [4.78, 5) is 0. The quantitative estimate of drug-likeness (QED) is 0.517. The summed E-state index contributed by atoms with van der Waals surface area (Å²) in [6, 6.07) is 2.64. The van der Waals surface area contributed by atoms with Gasteiger partial charge in [0.25, 0.3) is 0 Å². The van der Waals surface area contributed by atoms with Crippen LogP contribution in [-0.4, -0.2) is 0 Å². The van der Waals surface area contributed by atoms with Gasteiger partial charge in [0.15, 0.2) is 23.3 Å². The van der Waals surface area contributed by atoms with Gasteiger partial charge in [-0.05, 0) is 17.7 Å². The molecule has 106 valence electrons. The molecule has 20 heavy (non-hydrogen) atoms. The van der Waals surface area contributed by atoms with Crippen molar-refractivity contribution in [3.63, 3.8) is 0 Å². The first-order valence-corrected chi connectivity index (χ1v) is 5.22. The van der Waals surface area contributed by atoms with Gasteiger partial charge in [-0.15, -0.1) is 0 Å². The van der Waals surface area contributed by atoms with E-state index in [1.807, 2.05) is 0 Å². The molecule has 0 atom stereocenters. The highest BCUT2D eigenvalue weighted by Crippen LogP contribution is 2.33. The molecular weight excluding hydrogens is 289 g/mol. The van der Waals surface area contributed by atoms with Crippen molar-refractivity contribution in [1.82, 2.24) is 0 Å². The molecule has 0 amide bonds. The molecule has 2 aromatic carbocycles. The maximum Gasteiger partial charge on any atom is 0.416 e. The molecule has 0 N–H and O–H groups in total. The summed E-state index contributed by atoms with van der Waals surface area (Å²) in [6.07, 6.45) is -4.62. The number of hydrogen-bond acceptors (Lipinski definition) is 0. The Balaban J connectivity index is 2.58. The lowest BCUT2D eigenvalue weighted by molar-refractivity contribution is -0.137. The van der Waals surface area contributed by atoms with Crippen molar-refractivity contribution in [2.24, 2.45) is 0 Å². The molecule has 0 bridgehead atoms. The van der Waals surface area contributed by atoms with Gasteiger partial charge >= 0.3 is 6.18 Å². The molecule has 7 heteroatoms. The molecule has 0 aliphatic rings. The molecule has 0 nitrogen and oxygen atoms in total. The Morgan fingerprint density at radius 3 is 1.55 bits per heavy atom. The normalized spacial score (nSPS) is 11.8. The summed E-state index contributed by atoms with van der Waals surface area (Å²) >= 11 is 0. The SMILES string of the molecule is Fc1cc(F)c(F)c(-c2ccc(C(F)(F)F)cc2)c1F. The minimum absolute atomic E-state index is 0.0260. The van der Waals surface area contributed by atoms with Crippen LogP contribution in [-0.2, 0) is 6.18 Å². The number of halogens is 7. The highest BCUT2D eigenvalue weighted by atomic mass is 19.4. The Morgan fingerprint density at radius 2 is 1.15 bits per heavy atom. The zero-order valence-corrected chi connectivity index (χ0v) is 9.53. The van der Waals surface area contributed by atoms with Gasteiger partial charge in [0.05, 0.1) is 11.1 Å². The first-order chi connectivity index (χ1) is 9.21. The van der Waals surface area contributed by atoms with Gasteiger partial charge in [0, 0.05) is 6.07 Å². The van der Waals surface area contributed by atoms with E-state index in [9.17, 15) is 30.7 Å². The van der Waals surface area contributed by atoms with Crippen molar-refractivity contribution in [3.05, 3.63) is 59.2 Å². The Hall–Kier alpha value is -2.05. The maximum atomic E-state index is 13.5. The second-order valence-electron chi connectivity index (χ2n) is 3.92. The lowest BCUT2D eigenvalue weighted by Crippen LogP contribution is -2.04. The van der Waals surface area contributed by atoms with E-state index in [2.05, 4.69) is 0 Å². The van der Waals surface area contributed by atoms with Crippen molar-refractivity contribution in [1.29, 1.82) is 0 Å². The molecule has 0 saturated heterocycles. The fourth-order valence-corrected chi connectivity index (χ4v) is 1.65. The Kier molecular flexibility index (Phi) is 3.45. The molecule has 0 radical (unpaired) electrons. The molecule has 2 aromatic rings. The molecule has 0 saturated carbocycles. The Labute approximate surface area is 108 Å². The predicted molar refractivity (Wildman–Crippen MR) is 56.7 cm³/mol. The predicted octanol–water partition coefficient (Wildman–Crippen LogP) is 4.93. The van der Waals surface area contributed by atoms with Crippen LogP contribution in [0.15, 0.2) is 30.3 Å². The topological polar surface area (TPSA) is 0 Å². The zero-order valence-electron chi connectivity index (χ0n) is 9.53. The minimum Gasteiger partial charge on any atom is -0.204 e. The average Bonchev–Trinajstić information content (AvgIpc) is 2.36. The molecule has 0 heterocycles. The van der Waals surface area contributed by atoms with E-state index < -0.39 is 46.1 Å². The van der Waals surface area contributed by atoms with Crippen LogP contribution < -0.4 is 0 Å². The second-order valence-corrected chi connectivity index (χ2v) is 3.92. The standard InChI is InChI=1S/C13H5F7/c14-8-5-9(15)12(17)10(11(8)16)6-1-3-7(4-2-6)13(18,19)20/h1-5H. The summed E-state index contributed by atoms with van der Waals surface area (Å²) in [6.45, 7) is 0. The van der Waals surface area contributed by atoms with E-state index in [-0.39, 0.29) is 6.07 Å². The smallest absolute Gasteiger partial charge is 0.204 e. The maximum absolute atomic E-state index is 13.5. The van der Waals surface area contributed by atoms with Crippen molar-refractivity contribution >= 4 is 0 Å². The molecule has 0 aromatic heterocycles. The monoisotopic (exact) mass is 294 g/mol. The number of alkyl halides is 3. The zero-order chi connectivity index (χ0) is 15.1. The molecule has 0 aliphatic heterocycles. The van der Waals surface area contributed by atoms with E-state index in [0.29, 0.717) is 12.1 Å². The van der Waals surface area contributed by atoms with Gasteiger partial charge in [0.2, 0.25) is 0 Å². The summed E-state index contributed by atoms with van der Waals surface area (Å²) in [5.41, 5.74) is -2.48. The lowest BCUT2D eigenvalue weighted by Gasteiger charge is -2.10. The first kappa shape index (κ1) is 14.4. The summed E-state index contributed by atoms with van der Waals surface area (Å²) in [7, 11) is 0. The Bertz CT molecular complexity index is 615. The summed E-state index contributed by atoms with van der Waals surface area (Å²) < 4.78 is 90.0. The van der Waals surface area contributed by atoms with Crippen LogP contribution >= 0.6 is 0 Å². The van der Waals surface area contributed by atoms with Crippen LogP contribution in [0.5, 0.6) is 0 Å². The van der Waals surface area contributed by atoms with Crippen LogP contribution in [0.3, 0.4) is 0 Å². The summed E-state index contributed by atoms with van der Waals surface area (Å²) in [5.74, 6) is -6.58. The average molecular weight is 294 g/mol. The molecule has 0 unspecified atom stereocenters. The van der Waals surface area contributed by atoms with E-state index in [1.165, 1.54) is 0 Å². The third-order valence-corrected chi connectivity index (χ3v) is 2.61. The van der Waals surface area contributed by atoms with Crippen LogP contribution in [0.1, 0.15) is 5.56 Å². The van der Waals surface area contributed by atoms with E-state index in [0.717, 1.165) is 12.1 Å². The fourth-order valence-electron chi connectivity index (χ4n) is 1.65. The number of hydrogen-bond donors (Lipinski definition) is 0. The van der Waals surface area contributed by atoms with Gasteiger partial charge in [-0.1, -0.05) is 12.1 Å². The minimum atomic E-state index is -4.62. The number of rotatable bonds is 1. The molecule has 0 spiro atoms. The number of benzene rings is 2. The van der Waals surface area contributed by atoms with Crippen LogP contribution in [0.2, 0.25) is 0 Å². The largest absolute Gasteiger partial charge is 0.416 e. The molecular formula is C13H5F7. The van der Waals surface area contributed by atoms with Gasteiger partial charge in [-0.3, -0.25) is 0 Å². The van der Waals surface area contributed by atoms with E-state index in [4.69, 9.17) is 0 Å². The van der Waals surface area contributed by atoms with Crippen molar-refractivity contribution in [3.8, 4) is 11.1 Å². The fraction of sp³-hybridized carbons (Fsp3) is 0.0769. The van der Waals surface area contributed by atoms with E-state index >= 15 is 0 Å². The summed E-state index contributed by atoms with van der Waals surface area (Å²) in [5, 5.41) is 0. The highest BCUT2D eigenvalue weighted by Gasteiger charge is 2.30. The van der Waals surface area contributed by atoms with Crippen LogP contribution in [0.25, 0.3) is 11.1 Å². The first-order valence-electron chi connectivity index (χ1n) is 5.22. The van der Waals surface area contributed by atoms with Crippen molar-refractivity contribution in [2.45, 2.75) is 6.18 Å². The molecule has 2 rings (SSSR count). The molecule has 0 fully saturated rings. The van der Waals surface area contributed by atoms with Crippen molar-refractivity contribution in [2.75, 3.05) is 0 Å². The van der Waals surface area contributed by atoms with Gasteiger partial charge in [-0.25, -0.2) is 17.6 Å². The van der Waals surface area contributed by atoms with Gasteiger partial charge in [-0.2, -0.15) is 13.2 Å². The van der Waals surface area contributed by atoms with Crippen LogP contribution in [0, 0.1) is 23.3 Å².